The van der Waals surface area contributed by atoms with Crippen LogP contribution in [-0.2, 0) is 0 Å². The summed E-state index contributed by atoms with van der Waals surface area (Å²) in [6.07, 6.45) is -4.32. The van der Waals surface area contributed by atoms with Gasteiger partial charge in [-0.2, -0.15) is 13.2 Å². The summed E-state index contributed by atoms with van der Waals surface area (Å²) in [4.78, 5) is 15.2. The molecule has 0 aliphatic heterocycles. The van der Waals surface area contributed by atoms with Crippen molar-refractivity contribution in [1.82, 2.24) is 10.3 Å². The second kappa shape index (κ2) is 6.35. The van der Waals surface area contributed by atoms with Crippen LogP contribution >= 0.6 is 0 Å². The molecule has 106 valence electrons. The minimum atomic E-state index is -4.36. The lowest BCUT2D eigenvalue weighted by atomic mass is 10.2. The van der Waals surface area contributed by atoms with Crippen LogP contribution in [0.15, 0.2) is 12.3 Å². The average molecular weight is 279 g/mol. The highest BCUT2D eigenvalue weighted by molar-refractivity contribution is 5.95. The van der Waals surface area contributed by atoms with Crippen LogP contribution in [0.4, 0.5) is 23.4 Å². The number of nitrogens with zero attached hydrogens (tertiary/aromatic N) is 1. The normalized spacial score (nSPS) is 11.2. The smallest absolute Gasteiger partial charge is 0.368 e. The molecule has 0 saturated heterocycles. The molecule has 0 saturated carbocycles. The van der Waals surface area contributed by atoms with Crippen molar-refractivity contribution >= 4 is 11.7 Å². The lowest BCUT2D eigenvalue weighted by molar-refractivity contribution is -0.132. The van der Waals surface area contributed by atoms with Gasteiger partial charge in [0.15, 0.2) is 11.6 Å². The molecule has 0 bridgehead atoms. The van der Waals surface area contributed by atoms with Crippen LogP contribution in [0.3, 0.4) is 0 Å². The van der Waals surface area contributed by atoms with E-state index < -0.39 is 30.9 Å². The zero-order valence-corrected chi connectivity index (χ0v) is 10.1. The van der Waals surface area contributed by atoms with Crippen molar-refractivity contribution in [2.24, 2.45) is 0 Å². The molecule has 1 aromatic heterocycles. The van der Waals surface area contributed by atoms with Gasteiger partial charge in [-0.1, -0.05) is 0 Å². The highest BCUT2D eigenvalue weighted by Gasteiger charge is 2.27. The quantitative estimate of drug-likeness (QED) is 0.813. The van der Waals surface area contributed by atoms with Crippen molar-refractivity contribution in [3.8, 4) is 0 Å². The van der Waals surface area contributed by atoms with Crippen molar-refractivity contribution in [2.75, 3.05) is 18.4 Å². The van der Waals surface area contributed by atoms with Crippen molar-refractivity contribution in [3.05, 3.63) is 23.6 Å². The number of aromatic nitrogens is 1. The molecule has 0 spiro atoms. The number of alkyl halides is 3. The highest BCUT2D eigenvalue weighted by atomic mass is 19.4. The zero-order chi connectivity index (χ0) is 14.5. The third kappa shape index (κ3) is 4.72. The van der Waals surface area contributed by atoms with Gasteiger partial charge in [0, 0.05) is 19.3 Å². The largest absolute Gasteiger partial charge is 0.390 e. The number of carbonyl (C=O) groups excluding carboxylic acids is 1. The van der Waals surface area contributed by atoms with E-state index in [1.807, 2.05) is 5.32 Å². The molecule has 0 aliphatic rings. The van der Waals surface area contributed by atoms with Crippen LogP contribution < -0.4 is 10.6 Å². The summed E-state index contributed by atoms with van der Waals surface area (Å²) in [6, 6.07) is 1.11. The molecule has 0 radical (unpaired) electrons. The minimum absolute atomic E-state index is 0.106. The van der Waals surface area contributed by atoms with Crippen LogP contribution in [0.25, 0.3) is 0 Å². The van der Waals surface area contributed by atoms with Crippen LogP contribution in [0, 0.1) is 5.82 Å². The number of rotatable bonds is 5. The molecule has 1 aromatic rings. The number of anilines is 1. The average Bonchev–Trinajstić information content (AvgIpc) is 2.30. The third-order valence-corrected chi connectivity index (χ3v) is 2.17. The monoisotopic (exact) mass is 279 g/mol. The number of pyridine rings is 1. The molecule has 2 N–H and O–H groups in total. The van der Waals surface area contributed by atoms with Gasteiger partial charge in [0.25, 0.3) is 5.91 Å². The van der Waals surface area contributed by atoms with E-state index in [4.69, 9.17) is 0 Å². The van der Waals surface area contributed by atoms with Gasteiger partial charge in [-0.05, 0) is 13.0 Å². The second-order valence-electron chi connectivity index (χ2n) is 3.67. The Morgan fingerprint density at radius 1 is 1.42 bits per heavy atom. The first-order valence-corrected chi connectivity index (χ1v) is 5.58. The van der Waals surface area contributed by atoms with Crippen LogP contribution in [0.5, 0.6) is 0 Å². The number of halogens is 4. The standard InChI is InChI=1S/C11H13F4N3O/c1-2-16-9-8(12)7(3-5-17-9)10(19)18-6-4-11(13,14)15/h3,5H,2,4,6H2,1H3,(H,16,17)(H,18,19). The molecule has 1 heterocycles. The third-order valence-electron chi connectivity index (χ3n) is 2.17. The maximum absolute atomic E-state index is 13.8. The summed E-state index contributed by atoms with van der Waals surface area (Å²) in [5, 5.41) is 4.62. The fourth-order valence-electron chi connectivity index (χ4n) is 1.32. The topological polar surface area (TPSA) is 54.0 Å². The maximum atomic E-state index is 13.8. The Bertz CT molecular complexity index is 448. The Morgan fingerprint density at radius 2 is 2.11 bits per heavy atom. The van der Waals surface area contributed by atoms with Gasteiger partial charge in [0.1, 0.15) is 0 Å². The first kappa shape index (κ1) is 15.2. The number of nitrogens with one attached hydrogen (secondary N) is 2. The molecule has 0 aliphatic carbocycles. The van der Waals surface area contributed by atoms with E-state index >= 15 is 0 Å². The van der Waals surface area contributed by atoms with Gasteiger partial charge in [0.2, 0.25) is 0 Å². The van der Waals surface area contributed by atoms with Crippen LogP contribution in [0.2, 0.25) is 0 Å². The summed E-state index contributed by atoms with van der Waals surface area (Å²) >= 11 is 0. The van der Waals surface area contributed by atoms with E-state index in [1.54, 1.807) is 6.92 Å². The Morgan fingerprint density at radius 3 is 2.68 bits per heavy atom. The lowest BCUT2D eigenvalue weighted by Crippen LogP contribution is -2.28. The van der Waals surface area contributed by atoms with Crippen LogP contribution in [0.1, 0.15) is 23.7 Å². The number of hydrogen-bond acceptors (Lipinski definition) is 3. The molecule has 4 nitrogen and oxygen atoms in total. The SMILES string of the molecule is CCNc1nccc(C(=O)NCCC(F)(F)F)c1F. The van der Waals surface area contributed by atoms with Gasteiger partial charge < -0.3 is 10.6 Å². The van der Waals surface area contributed by atoms with E-state index in [-0.39, 0.29) is 11.4 Å². The first-order chi connectivity index (χ1) is 8.85. The van der Waals surface area contributed by atoms with E-state index in [0.717, 1.165) is 6.07 Å². The van der Waals surface area contributed by atoms with Gasteiger partial charge in [-0.15, -0.1) is 0 Å². The fourth-order valence-corrected chi connectivity index (χ4v) is 1.32. The Balaban J connectivity index is 2.69. The molecule has 1 rings (SSSR count). The van der Waals surface area contributed by atoms with E-state index in [1.165, 1.54) is 6.20 Å². The van der Waals surface area contributed by atoms with Gasteiger partial charge >= 0.3 is 6.18 Å². The lowest BCUT2D eigenvalue weighted by Gasteiger charge is -2.10. The summed E-state index contributed by atoms with van der Waals surface area (Å²) in [6.45, 7) is 1.53. The molecular weight excluding hydrogens is 266 g/mol. The van der Waals surface area contributed by atoms with Gasteiger partial charge in [0.05, 0.1) is 12.0 Å². The molecular formula is C11H13F4N3O. The fraction of sp³-hybridized carbons (Fsp3) is 0.455. The van der Waals surface area contributed by atoms with Crippen molar-refractivity contribution in [3.63, 3.8) is 0 Å². The molecule has 1 amide bonds. The molecule has 19 heavy (non-hydrogen) atoms. The molecule has 0 atom stereocenters. The number of amides is 1. The van der Waals surface area contributed by atoms with Gasteiger partial charge in [-0.3, -0.25) is 4.79 Å². The highest BCUT2D eigenvalue weighted by Crippen LogP contribution is 2.19. The van der Waals surface area contributed by atoms with Crippen molar-refractivity contribution in [2.45, 2.75) is 19.5 Å². The van der Waals surface area contributed by atoms with Crippen molar-refractivity contribution in [1.29, 1.82) is 0 Å². The van der Waals surface area contributed by atoms with Gasteiger partial charge in [-0.25, -0.2) is 9.37 Å². The summed E-state index contributed by atoms with van der Waals surface area (Å²) in [5.74, 6) is -1.89. The van der Waals surface area contributed by atoms with Crippen LogP contribution in [-0.4, -0.2) is 30.2 Å². The molecule has 0 unspecified atom stereocenters. The Labute approximate surface area is 107 Å². The number of hydrogen-bond donors (Lipinski definition) is 2. The predicted molar refractivity (Wildman–Crippen MR) is 61.4 cm³/mol. The maximum Gasteiger partial charge on any atom is 0.390 e. The first-order valence-electron chi connectivity index (χ1n) is 5.58. The van der Waals surface area contributed by atoms with E-state index in [2.05, 4.69) is 10.3 Å². The minimum Gasteiger partial charge on any atom is -0.368 e. The van der Waals surface area contributed by atoms with Crippen molar-refractivity contribution < 1.29 is 22.4 Å². The molecule has 0 fully saturated rings. The molecule has 0 aromatic carbocycles. The van der Waals surface area contributed by atoms with E-state index in [0.29, 0.717) is 6.54 Å². The Hall–Kier alpha value is -1.86. The second-order valence-corrected chi connectivity index (χ2v) is 3.67. The Kier molecular flexibility index (Phi) is 5.08. The summed E-state index contributed by atoms with van der Waals surface area (Å²) < 4.78 is 49.5. The molecule has 8 heteroatoms. The van der Waals surface area contributed by atoms with E-state index in [9.17, 15) is 22.4 Å². The summed E-state index contributed by atoms with van der Waals surface area (Å²) in [5.41, 5.74) is -0.340. The zero-order valence-electron chi connectivity index (χ0n) is 10.1. The summed E-state index contributed by atoms with van der Waals surface area (Å²) in [7, 11) is 0. The predicted octanol–water partition coefficient (Wildman–Crippen LogP) is 2.33. The number of carbonyl (C=O) groups is 1.